The molecule has 1 aliphatic rings. The Labute approximate surface area is 162 Å². The van der Waals surface area contributed by atoms with Crippen LogP contribution in [0.15, 0.2) is 65.6 Å². The van der Waals surface area contributed by atoms with Crippen LogP contribution in [0.25, 0.3) is 0 Å². The maximum atomic E-state index is 12.5. The first-order valence-corrected chi connectivity index (χ1v) is 9.87. The number of benzene rings is 1. The zero-order chi connectivity index (χ0) is 18.5. The van der Waals surface area contributed by atoms with Crippen LogP contribution >= 0.6 is 11.3 Å². The Morgan fingerprint density at radius 3 is 3.00 bits per heavy atom. The normalized spacial score (nSPS) is 16.8. The van der Waals surface area contributed by atoms with Gasteiger partial charge in [0.05, 0.1) is 6.54 Å². The third kappa shape index (κ3) is 4.53. The molecule has 138 valence electrons. The summed E-state index contributed by atoms with van der Waals surface area (Å²) in [4.78, 5) is 18.7. The number of pyridine rings is 1. The van der Waals surface area contributed by atoms with Gasteiger partial charge in [0.1, 0.15) is 11.9 Å². The van der Waals surface area contributed by atoms with Crippen molar-refractivity contribution in [3.8, 4) is 5.75 Å². The van der Waals surface area contributed by atoms with Gasteiger partial charge in [0, 0.05) is 43.2 Å². The van der Waals surface area contributed by atoms with Crippen molar-refractivity contribution in [2.75, 3.05) is 13.1 Å². The first kappa shape index (κ1) is 17.7. The fourth-order valence-electron chi connectivity index (χ4n) is 3.19. The molecule has 3 aromatic rings. The number of carbonyl (C=O) groups is 1. The van der Waals surface area contributed by atoms with E-state index in [1.54, 1.807) is 23.7 Å². The summed E-state index contributed by atoms with van der Waals surface area (Å²) in [5, 5.41) is 7.15. The number of aromatic nitrogens is 1. The zero-order valence-electron chi connectivity index (χ0n) is 14.9. The van der Waals surface area contributed by atoms with Gasteiger partial charge in [-0.1, -0.05) is 24.3 Å². The van der Waals surface area contributed by atoms with Gasteiger partial charge in [0.2, 0.25) is 5.91 Å². The van der Waals surface area contributed by atoms with E-state index >= 15 is 0 Å². The maximum absolute atomic E-state index is 12.5. The lowest BCUT2D eigenvalue weighted by molar-refractivity contribution is -0.122. The summed E-state index contributed by atoms with van der Waals surface area (Å²) in [5.41, 5.74) is 3.25. The number of fused-ring (bicyclic) bond motifs is 1. The van der Waals surface area contributed by atoms with Crippen molar-refractivity contribution in [2.45, 2.75) is 19.2 Å². The van der Waals surface area contributed by atoms with E-state index < -0.39 is 0 Å². The van der Waals surface area contributed by atoms with Gasteiger partial charge in [-0.25, -0.2) is 0 Å². The van der Waals surface area contributed by atoms with E-state index in [4.69, 9.17) is 4.74 Å². The first-order chi connectivity index (χ1) is 13.3. The number of hydrogen-bond donors (Lipinski definition) is 1. The van der Waals surface area contributed by atoms with Crippen LogP contribution in [0, 0.1) is 0 Å². The SMILES string of the molecule is O=C(CN1Cc2ccccc2OC(c2ccsc2)C1)NCc1cccnc1. The lowest BCUT2D eigenvalue weighted by atomic mass is 10.2. The van der Waals surface area contributed by atoms with Crippen molar-refractivity contribution < 1.29 is 9.53 Å². The molecule has 0 aliphatic carbocycles. The van der Waals surface area contributed by atoms with Crippen LogP contribution in [0.5, 0.6) is 5.75 Å². The second-order valence-electron chi connectivity index (χ2n) is 6.58. The number of amides is 1. The largest absolute Gasteiger partial charge is 0.484 e. The Bertz CT molecular complexity index is 883. The average molecular weight is 379 g/mol. The van der Waals surface area contributed by atoms with Gasteiger partial charge in [-0.2, -0.15) is 11.3 Å². The third-order valence-corrected chi connectivity index (χ3v) is 5.26. The van der Waals surface area contributed by atoms with Gasteiger partial charge in [-0.3, -0.25) is 14.7 Å². The summed E-state index contributed by atoms with van der Waals surface area (Å²) in [6.45, 7) is 2.18. The van der Waals surface area contributed by atoms with E-state index in [2.05, 4.69) is 38.1 Å². The molecule has 27 heavy (non-hydrogen) atoms. The minimum absolute atomic E-state index is 0.00213. The Balaban J connectivity index is 1.45. The molecule has 3 heterocycles. The predicted molar refractivity (Wildman–Crippen MR) is 105 cm³/mol. The molecule has 1 aliphatic heterocycles. The van der Waals surface area contributed by atoms with Crippen LogP contribution in [0.3, 0.4) is 0 Å². The topological polar surface area (TPSA) is 54.5 Å². The molecule has 0 radical (unpaired) electrons. The van der Waals surface area contributed by atoms with Gasteiger partial charge in [0.15, 0.2) is 0 Å². The molecular weight excluding hydrogens is 358 g/mol. The van der Waals surface area contributed by atoms with E-state index in [1.165, 1.54) is 0 Å². The number of thiophene rings is 1. The summed E-state index contributed by atoms with van der Waals surface area (Å²) in [7, 11) is 0. The van der Waals surface area contributed by atoms with Crippen LogP contribution in [0.4, 0.5) is 0 Å². The smallest absolute Gasteiger partial charge is 0.234 e. The highest BCUT2D eigenvalue weighted by Gasteiger charge is 2.25. The summed E-state index contributed by atoms with van der Waals surface area (Å²) < 4.78 is 6.27. The molecule has 1 aromatic carbocycles. The zero-order valence-corrected chi connectivity index (χ0v) is 15.7. The van der Waals surface area contributed by atoms with Crippen LogP contribution in [-0.4, -0.2) is 28.9 Å². The van der Waals surface area contributed by atoms with Gasteiger partial charge in [-0.05, 0) is 34.5 Å². The van der Waals surface area contributed by atoms with Crippen molar-refractivity contribution >= 4 is 17.2 Å². The highest BCUT2D eigenvalue weighted by molar-refractivity contribution is 7.07. The molecule has 6 heteroatoms. The monoisotopic (exact) mass is 379 g/mol. The summed E-state index contributed by atoms with van der Waals surface area (Å²) in [6, 6.07) is 14.0. The van der Waals surface area contributed by atoms with E-state index in [-0.39, 0.29) is 12.0 Å². The van der Waals surface area contributed by atoms with E-state index in [0.717, 1.165) is 22.4 Å². The maximum Gasteiger partial charge on any atom is 0.234 e. The number of carbonyl (C=O) groups excluding carboxylic acids is 1. The van der Waals surface area contributed by atoms with Crippen LogP contribution in [0.2, 0.25) is 0 Å². The molecule has 0 saturated heterocycles. The molecule has 5 nitrogen and oxygen atoms in total. The second-order valence-corrected chi connectivity index (χ2v) is 7.36. The minimum Gasteiger partial charge on any atom is -0.484 e. The lowest BCUT2D eigenvalue weighted by Gasteiger charge is -2.23. The Kier molecular flexibility index (Phi) is 5.46. The van der Waals surface area contributed by atoms with Gasteiger partial charge in [-0.15, -0.1) is 0 Å². The van der Waals surface area contributed by atoms with E-state index in [1.807, 2.05) is 30.3 Å². The lowest BCUT2D eigenvalue weighted by Crippen LogP contribution is -2.38. The number of nitrogens with one attached hydrogen (secondary N) is 1. The Hall–Kier alpha value is -2.70. The quantitative estimate of drug-likeness (QED) is 0.738. The van der Waals surface area contributed by atoms with E-state index in [9.17, 15) is 4.79 Å². The van der Waals surface area contributed by atoms with Gasteiger partial charge >= 0.3 is 0 Å². The molecule has 4 rings (SSSR count). The fourth-order valence-corrected chi connectivity index (χ4v) is 3.90. The first-order valence-electron chi connectivity index (χ1n) is 8.92. The molecular formula is C21H21N3O2S. The van der Waals surface area contributed by atoms with Crippen molar-refractivity contribution in [3.05, 3.63) is 82.3 Å². The molecule has 2 aromatic heterocycles. The predicted octanol–water partition coefficient (Wildman–Crippen LogP) is 3.40. The number of ether oxygens (including phenoxy) is 1. The number of nitrogens with zero attached hydrogens (tertiary/aromatic N) is 2. The highest BCUT2D eigenvalue weighted by Crippen LogP contribution is 2.31. The standard InChI is InChI=1S/C21H21N3O2S/c25-21(23-11-16-4-3-8-22-10-16)14-24-12-17-5-1-2-6-19(17)26-20(13-24)18-7-9-27-15-18/h1-10,15,20H,11-14H2,(H,23,25). The third-order valence-electron chi connectivity index (χ3n) is 4.55. The second kappa shape index (κ2) is 8.33. The molecule has 1 atom stereocenters. The number of hydrogen-bond acceptors (Lipinski definition) is 5. The van der Waals surface area contributed by atoms with Crippen LogP contribution in [0.1, 0.15) is 22.8 Å². The number of rotatable bonds is 5. The summed E-state index contributed by atoms with van der Waals surface area (Å²) in [6.07, 6.45) is 3.42. The fraction of sp³-hybridized carbons (Fsp3) is 0.238. The van der Waals surface area contributed by atoms with Crippen molar-refractivity contribution in [2.24, 2.45) is 0 Å². The molecule has 1 unspecified atom stereocenters. The Morgan fingerprint density at radius 1 is 1.26 bits per heavy atom. The molecule has 1 amide bonds. The minimum atomic E-state index is -0.0778. The molecule has 0 fully saturated rings. The number of para-hydroxylation sites is 1. The summed E-state index contributed by atoms with van der Waals surface area (Å²) >= 11 is 1.66. The molecule has 1 N–H and O–H groups in total. The van der Waals surface area contributed by atoms with Crippen molar-refractivity contribution in [1.29, 1.82) is 0 Å². The summed E-state index contributed by atoms with van der Waals surface area (Å²) in [5.74, 6) is 0.897. The molecule has 0 bridgehead atoms. The van der Waals surface area contributed by atoms with Gasteiger partial charge < -0.3 is 10.1 Å². The van der Waals surface area contributed by atoms with Crippen molar-refractivity contribution in [1.82, 2.24) is 15.2 Å². The van der Waals surface area contributed by atoms with Crippen molar-refractivity contribution in [3.63, 3.8) is 0 Å². The highest BCUT2D eigenvalue weighted by atomic mass is 32.1. The molecule has 0 spiro atoms. The van der Waals surface area contributed by atoms with E-state index in [0.29, 0.717) is 26.2 Å². The van der Waals surface area contributed by atoms with Crippen LogP contribution < -0.4 is 10.1 Å². The molecule has 0 saturated carbocycles. The average Bonchev–Trinajstić information content (AvgIpc) is 3.16. The van der Waals surface area contributed by atoms with Gasteiger partial charge in [0.25, 0.3) is 0 Å². The van der Waals surface area contributed by atoms with Crippen LogP contribution in [-0.2, 0) is 17.9 Å². The Morgan fingerprint density at radius 2 is 2.19 bits per heavy atom.